The molecule has 0 unspecified atom stereocenters. The van der Waals surface area contributed by atoms with E-state index in [1.54, 1.807) is 18.2 Å². The number of amides is 1. The van der Waals surface area contributed by atoms with Gasteiger partial charge in [-0.3, -0.25) is 24.0 Å². The maximum atomic E-state index is 12.6. The van der Waals surface area contributed by atoms with Crippen LogP contribution < -0.4 is 10.1 Å². The minimum atomic E-state index is -1.26. The molecular formula is C29H31NO10. The number of carbonyl (C=O) groups is 5. The molecule has 1 heterocycles. The third kappa shape index (κ3) is 8.77. The predicted octanol–water partition coefficient (Wildman–Crippen LogP) is 2.62. The first kappa shape index (κ1) is 30.0. The zero-order chi connectivity index (χ0) is 29.2. The van der Waals surface area contributed by atoms with Gasteiger partial charge in [-0.1, -0.05) is 36.4 Å². The van der Waals surface area contributed by atoms with E-state index in [0.29, 0.717) is 5.56 Å². The molecule has 0 saturated carbocycles. The first-order valence-electron chi connectivity index (χ1n) is 12.5. The Morgan fingerprint density at radius 3 is 2.02 bits per heavy atom. The maximum Gasteiger partial charge on any atom is 0.303 e. The van der Waals surface area contributed by atoms with E-state index in [1.165, 1.54) is 32.1 Å². The van der Waals surface area contributed by atoms with Gasteiger partial charge in [0.05, 0.1) is 0 Å². The highest BCUT2D eigenvalue weighted by Crippen LogP contribution is 2.29. The quantitative estimate of drug-likeness (QED) is 0.202. The van der Waals surface area contributed by atoms with E-state index in [0.717, 1.165) is 19.4 Å². The molecule has 11 heteroatoms. The number of allylic oxidation sites excluding steroid dienone is 1. The molecule has 3 rings (SSSR count). The molecule has 2 aromatic rings. The lowest BCUT2D eigenvalue weighted by molar-refractivity contribution is -0.257. The molecule has 0 aliphatic carbocycles. The summed E-state index contributed by atoms with van der Waals surface area (Å²) >= 11 is 0. The molecule has 40 heavy (non-hydrogen) atoms. The van der Waals surface area contributed by atoms with E-state index in [4.69, 9.17) is 23.7 Å². The number of hydrogen-bond donors (Lipinski definition) is 1. The zero-order valence-corrected chi connectivity index (χ0v) is 22.5. The SMILES string of the molecule is CC(=O)N[C@@H]1[C@H](Oc2ccc(C(=O)/C=C/c3ccccc3)cc2)O[C@H](COC(C)=O)[C@@H](OC(C)=O)[C@@H]1OC(C)=O. The van der Waals surface area contributed by atoms with Gasteiger partial charge >= 0.3 is 17.9 Å². The predicted molar refractivity (Wildman–Crippen MR) is 141 cm³/mol. The summed E-state index contributed by atoms with van der Waals surface area (Å²) in [5.41, 5.74) is 1.29. The van der Waals surface area contributed by atoms with Crippen LogP contribution in [0.25, 0.3) is 6.08 Å². The molecular weight excluding hydrogens is 522 g/mol. The van der Waals surface area contributed by atoms with E-state index < -0.39 is 54.5 Å². The van der Waals surface area contributed by atoms with Crippen molar-refractivity contribution in [3.8, 4) is 5.75 Å². The minimum absolute atomic E-state index is 0.221. The van der Waals surface area contributed by atoms with E-state index in [2.05, 4.69) is 5.32 Å². The third-order valence-electron chi connectivity index (χ3n) is 5.69. The first-order valence-corrected chi connectivity index (χ1v) is 12.5. The highest BCUT2D eigenvalue weighted by atomic mass is 16.7. The second-order valence-electron chi connectivity index (χ2n) is 8.97. The molecule has 0 radical (unpaired) electrons. The number of esters is 3. The summed E-state index contributed by atoms with van der Waals surface area (Å²) in [6.45, 7) is 4.40. The van der Waals surface area contributed by atoms with Crippen molar-refractivity contribution in [2.24, 2.45) is 0 Å². The van der Waals surface area contributed by atoms with Gasteiger partial charge in [0.1, 0.15) is 24.5 Å². The normalized spacial score (nSPS) is 22.1. The molecule has 0 aromatic heterocycles. The maximum absolute atomic E-state index is 12.6. The molecule has 1 aliphatic rings. The van der Waals surface area contributed by atoms with Crippen LogP contribution in [0.15, 0.2) is 60.7 Å². The van der Waals surface area contributed by atoms with Gasteiger partial charge in [-0.15, -0.1) is 0 Å². The smallest absolute Gasteiger partial charge is 0.303 e. The first-order chi connectivity index (χ1) is 19.0. The van der Waals surface area contributed by atoms with Gasteiger partial charge in [-0.05, 0) is 35.9 Å². The average Bonchev–Trinajstić information content (AvgIpc) is 2.89. The van der Waals surface area contributed by atoms with Gasteiger partial charge in [0, 0.05) is 33.3 Å². The van der Waals surface area contributed by atoms with Crippen LogP contribution >= 0.6 is 0 Å². The summed E-state index contributed by atoms with van der Waals surface area (Å²) in [7, 11) is 0. The Morgan fingerprint density at radius 2 is 1.45 bits per heavy atom. The second kappa shape index (κ2) is 14.0. The molecule has 11 nitrogen and oxygen atoms in total. The lowest BCUT2D eigenvalue weighted by Crippen LogP contribution is -2.67. The van der Waals surface area contributed by atoms with E-state index in [1.807, 2.05) is 30.3 Å². The number of rotatable bonds is 10. The molecule has 5 atom stereocenters. The van der Waals surface area contributed by atoms with Crippen molar-refractivity contribution in [1.82, 2.24) is 5.32 Å². The highest BCUT2D eigenvalue weighted by molar-refractivity contribution is 6.06. The lowest BCUT2D eigenvalue weighted by Gasteiger charge is -2.44. The van der Waals surface area contributed by atoms with Crippen LogP contribution in [-0.2, 0) is 38.1 Å². The Labute approximate surface area is 231 Å². The summed E-state index contributed by atoms with van der Waals surface area (Å²) in [6.07, 6.45) is -1.67. The van der Waals surface area contributed by atoms with Crippen LogP contribution in [0.5, 0.6) is 5.75 Å². The fourth-order valence-corrected chi connectivity index (χ4v) is 4.06. The van der Waals surface area contributed by atoms with Crippen molar-refractivity contribution in [2.75, 3.05) is 6.61 Å². The van der Waals surface area contributed by atoms with E-state index in [9.17, 15) is 24.0 Å². The molecule has 2 aromatic carbocycles. The molecule has 1 N–H and O–H groups in total. The fourth-order valence-electron chi connectivity index (χ4n) is 4.06. The molecule has 0 spiro atoms. The second-order valence-corrected chi connectivity index (χ2v) is 8.97. The Morgan fingerprint density at radius 1 is 0.825 bits per heavy atom. The van der Waals surface area contributed by atoms with Gasteiger partial charge in [0.25, 0.3) is 0 Å². The molecule has 1 fully saturated rings. The number of nitrogens with one attached hydrogen (secondary N) is 1. The van der Waals surface area contributed by atoms with Crippen LogP contribution in [0.1, 0.15) is 43.6 Å². The largest absolute Gasteiger partial charge is 0.463 e. The van der Waals surface area contributed by atoms with Crippen molar-refractivity contribution in [2.45, 2.75) is 58.3 Å². The van der Waals surface area contributed by atoms with Crippen molar-refractivity contribution in [3.05, 3.63) is 71.8 Å². The highest BCUT2D eigenvalue weighted by Gasteiger charge is 2.51. The number of hydrogen-bond acceptors (Lipinski definition) is 10. The number of ketones is 1. The minimum Gasteiger partial charge on any atom is -0.463 e. The summed E-state index contributed by atoms with van der Waals surface area (Å²) in [6, 6.07) is 14.5. The van der Waals surface area contributed by atoms with E-state index >= 15 is 0 Å². The zero-order valence-electron chi connectivity index (χ0n) is 22.5. The van der Waals surface area contributed by atoms with Gasteiger partial charge in [0.2, 0.25) is 12.2 Å². The third-order valence-corrected chi connectivity index (χ3v) is 5.69. The van der Waals surface area contributed by atoms with Crippen LogP contribution in [-0.4, -0.2) is 66.8 Å². The van der Waals surface area contributed by atoms with Crippen LogP contribution in [0.4, 0.5) is 0 Å². The Hall–Kier alpha value is -4.51. The standard InChI is InChI=1S/C29H31NO10/c1-17(31)30-26-28(38-20(4)34)27(37-19(3)33)25(16-36-18(2)32)40-29(26)39-23-13-11-22(12-14-23)24(35)15-10-21-8-6-5-7-9-21/h5-15,25-29H,16H2,1-4H3,(H,30,31)/b15-10+/t25-,26+,27-,28-,29-/m1/s1. The van der Waals surface area contributed by atoms with Gasteiger partial charge < -0.3 is 29.0 Å². The van der Waals surface area contributed by atoms with Crippen molar-refractivity contribution in [1.29, 1.82) is 0 Å². The topological polar surface area (TPSA) is 144 Å². The van der Waals surface area contributed by atoms with Crippen molar-refractivity contribution < 1.29 is 47.7 Å². The summed E-state index contributed by atoms with van der Waals surface area (Å²) in [5.74, 6) is -2.48. The van der Waals surface area contributed by atoms with Gasteiger partial charge in [-0.25, -0.2) is 0 Å². The van der Waals surface area contributed by atoms with Crippen molar-refractivity contribution >= 4 is 35.7 Å². The van der Waals surface area contributed by atoms with E-state index in [-0.39, 0.29) is 18.1 Å². The monoisotopic (exact) mass is 553 g/mol. The molecule has 1 saturated heterocycles. The van der Waals surface area contributed by atoms with Gasteiger partial charge in [0.15, 0.2) is 18.0 Å². The molecule has 0 bridgehead atoms. The molecule has 212 valence electrons. The molecule has 1 amide bonds. The Bertz CT molecular complexity index is 1240. The lowest BCUT2D eigenvalue weighted by atomic mass is 9.96. The molecule has 1 aliphatic heterocycles. The van der Waals surface area contributed by atoms with Crippen LogP contribution in [0.2, 0.25) is 0 Å². The average molecular weight is 554 g/mol. The summed E-state index contributed by atoms with van der Waals surface area (Å²) in [5, 5.41) is 2.63. The Balaban J connectivity index is 1.86. The van der Waals surface area contributed by atoms with Crippen molar-refractivity contribution in [3.63, 3.8) is 0 Å². The summed E-state index contributed by atoms with van der Waals surface area (Å²) < 4.78 is 27.9. The summed E-state index contributed by atoms with van der Waals surface area (Å²) in [4.78, 5) is 60.0. The van der Waals surface area contributed by atoms with Crippen LogP contribution in [0, 0.1) is 0 Å². The number of benzene rings is 2. The Kier molecular flexibility index (Phi) is 10.5. The number of ether oxygens (including phenoxy) is 5. The van der Waals surface area contributed by atoms with Gasteiger partial charge in [-0.2, -0.15) is 0 Å². The fraction of sp³-hybridized carbons (Fsp3) is 0.345. The van der Waals surface area contributed by atoms with Crippen LogP contribution in [0.3, 0.4) is 0 Å². The number of carbonyl (C=O) groups excluding carboxylic acids is 5.